The number of sulfone groups is 1. The quantitative estimate of drug-likeness (QED) is 0.520. The number of hydrogen-bond acceptors (Lipinski definition) is 6. The lowest BCUT2D eigenvalue weighted by atomic mass is 10.0. The summed E-state index contributed by atoms with van der Waals surface area (Å²) < 4.78 is 34.6. The molecule has 0 saturated carbocycles. The molecule has 2 N–H and O–H groups in total. The molecule has 0 unspecified atom stereocenters. The summed E-state index contributed by atoms with van der Waals surface area (Å²) in [6.07, 6.45) is 0. The fourth-order valence-electron chi connectivity index (χ4n) is 3.11. The molecule has 0 atom stereocenters. The zero-order valence-electron chi connectivity index (χ0n) is 17.2. The third kappa shape index (κ3) is 5.55. The van der Waals surface area contributed by atoms with E-state index in [0.29, 0.717) is 18.0 Å². The van der Waals surface area contributed by atoms with E-state index in [4.69, 9.17) is 14.6 Å². The molecule has 0 heterocycles. The second-order valence-corrected chi connectivity index (χ2v) is 8.79. The lowest BCUT2D eigenvalue weighted by Crippen LogP contribution is -2.15. The highest BCUT2D eigenvalue weighted by Gasteiger charge is 2.18. The molecule has 0 bridgehead atoms. The maximum absolute atomic E-state index is 12.0. The number of benzene rings is 3. The molecule has 0 aliphatic carbocycles. The fourth-order valence-corrected chi connectivity index (χ4v) is 4.15. The van der Waals surface area contributed by atoms with E-state index in [-0.39, 0.29) is 4.90 Å². The van der Waals surface area contributed by atoms with E-state index in [9.17, 15) is 13.2 Å². The Morgan fingerprint density at radius 1 is 0.903 bits per heavy atom. The van der Waals surface area contributed by atoms with Crippen LogP contribution in [0.15, 0.2) is 71.6 Å². The van der Waals surface area contributed by atoms with Crippen LogP contribution >= 0.6 is 0 Å². The highest BCUT2D eigenvalue weighted by atomic mass is 32.2. The van der Waals surface area contributed by atoms with Crippen molar-refractivity contribution in [3.63, 3.8) is 0 Å². The third-order valence-corrected chi connectivity index (χ3v) is 6.28. The van der Waals surface area contributed by atoms with Crippen LogP contribution in [0.25, 0.3) is 11.1 Å². The molecule has 7 nitrogen and oxygen atoms in total. The monoisotopic (exact) mass is 441 g/mol. The van der Waals surface area contributed by atoms with Gasteiger partial charge in [-0.1, -0.05) is 24.3 Å². The van der Waals surface area contributed by atoms with Crippen LogP contribution in [0.1, 0.15) is 5.56 Å². The Hall–Kier alpha value is -3.52. The maximum atomic E-state index is 12.0. The summed E-state index contributed by atoms with van der Waals surface area (Å²) in [6, 6.07) is 19.8. The van der Waals surface area contributed by atoms with Crippen LogP contribution in [0.5, 0.6) is 11.5 Å². The summed E-state index contributed by atoms with van der Waals surface area (Å²) in [6.45, 7) is 0.530. The molecule has 0 aliphatic rings. The second kappa shape index (κ2) is 9.53. The number of anilines is 1. The summed E-state index contributed by atoms with van der Waals surface area (Å²) in [5.74, 6) is -0.987. The lowest BCUT2D eigenvalue weighted by Gasteiger charge is -2.11. The Morgan fingerprint density at radius 2 is 1.58 bits per heavy atom. The molecule has 3 rings (SSSR count). The number of carboxylic acids is 1. The van der Waals surface area contributed by atoms with Gasteiger partial charge in [0.05, 0.1) is 19.1 Å². The number of carbonyl (C=O) groups is 1. The number of ether oxygens (including phenoxy) is 2. The van der Waals surface area contributed by atoms with Crippen molar-refractivity contribution in [1.82, 2.24) is 0 Å². The molecule has 31 heavy (non-hydrogen) atoms. The Morgan fingerprint density at radius 3 is 2.23 bits per heavy atom. The minimum Gasteiger partial charge on any atom is -0.493 e. The predicted molar refractivity (Wildman–Crippen MR) is 118 cm³/mol. The first-order chi connectivity index (χ1) is 14.8. The first kappa shape index (κ1) is 22.2. The maximum Gasteiger partial charge on any atom is 0.319 e. The summed E-state index contributed by atoms with van der Waals surface area (Å²) in [4.78, 5) is 10.7. The molecule has 0 amide bonds. The van der Waals surface area contributed by atoms with Crippen LogP contribution in [0.4, 0.5) is 5.69 Å². The van der Waals surface area contributed by atoms with Crippen LogP contribution in [-0.2, 0) is 21.2 Å². The Bertz CT molecular complexity index is 1170. The molecule has 0 aromatic heterocycles. The van der Waals surface area contributed by atoms with Crippen molar-refractivity contribution in [2.75, 3.05) is 25.3 Å². The summed E-state index contributed by atoms with van der Waals surface area (Å²) in [5.41, 5.74) is 3.78. The normalized spacial score (nSPS) is 11.0. The topological polar surface area (TPSA) is 102 Å². The van der Waals surface area contributed by atoms with Crippen LogP contribution in [-0.4, -0.2) is 39.5 Å². The molecular formula is C23H23NO6S. The zero-order valence-corrected chi connectivity index (χ0v) is 18.0. The van der Waals surface area contributed by atoms with Crippen LogP contribution in [0, 0.1) is 0 Å². The van der Waals surface area contributed by atoms with Gasteiger partial charge in [0, 0.05) is 12.2 Å². The number of carboxylic acid groups (broad SMARTS) is 1. The number of hydrogen-bond donors (Lipinski definition) is 2. The molecule has 0 spiro atoms. The molecule has 0 fully saturated rings. The molecule has 0 radical (unpaired) electrons. The van der Waals surface area contributed by atoms with E-state index in [1.165, 1.54) is 12.1 Å². The zero-order chi connectivity index (χ0) is 22.4. The van der Waals surface area contributed by atoms with Gasteiger partial charge in [0.2, 0.25) is 0 Å². The number of aliphatic carboxylic acids is 1. The van der Waals surface area contributed by atoms with E-state index in [1.54, 1.807) is 26.4 Å². The van der Waals surface area contributed by atoms with E-state index in [0.717, 1.165) is 22.4 Å². The smallest absolute Gasteiger partial charge is 0.319 e. The van der Waals surface area contributed by atoms with Gasteiger partial charge in [0.15, 0.2) is 27.1 Å². The molecule has 0 aliphatic heterocycles. The van der Waals surface area contributed by atoms with Crippen LogP contribution < -0.4 is 14.8 Å². The molecule has 3 aromatic rings. The highest BCUT2D eigenvalue weighted by molar-refractivity contribution is 7.92. The van der Waals surface area contributed by atoms with Gasteiger partial charge in [-0.3, -0.25) is 4.79 Å². The van der Waals surface area contributed by atoms with Gasteiger partial charge in [0.25, 0.3) is 0 Å². The van der Waals surface area contributed by atoms with Crippen molar-refractivity contribution < 1.29 is 27.8 Å². The third-order valence-electron chi connectivity index (χ3n) is 4.67. The SMILES string of the molecule is COc1ccc(-c2cccc(CNc3ccc(S(=O)(=O)CC(=O)O)cc3)c2)cc1OC. The van der Waals surface area contributed by atoms with Crippen LogP contribution in [0.3, 0.4) is 0 Å². The van der Waals surface area contributed by atoms with Gasteiger partial charge in [-0.25, -0.2) is 8.42 Å². The Balaban J connectivity index is 1.72. The van der Waals surface area contributed by atoms with Crippen molar-refractivity contribution in [1.29, 1.82) is 0 Å². The predicted octanol–water partition coefficient (Wildman–Crippen LogP) is 3.84. The lowest BCUT2D eigenvalue weighted by molar-refractivity contribution is -0.134. The van der Waals surface area contributed by atoms with E-state index < -0.39 is 21.6 Å². The summed E-state index contributed by atoms with van der Waals surface area (Å²) >= 11 is 0. The highest BCUT2D eigenvalue weighted by Crippen LogP contribution is 2.32. The van der Waals surface area contributed by atoms with Crippen molar-refractivity contribution in [3.8, 4) is 22.6 Å². The summed E-state index contributed by atoms with van der Waals surface area (Å²) in [5, 5.41) is 12.0. The Labute approximate surface area is 181 Å². The largest absolute Gasteiger partial charge is 0.493 e. The molecular weight excluding hydrogens is 418 g/mol. The number of rotatable bonds is 9. The average Bonchev–Trinajstić information content (AvgIpc) is 2.77. The van der Waals surface area contributed by atoms with Crippen LogP contribution in [0.2, 0.25) is 0 Å². The van der Waals surface area contributed by atoms with E-state index >= 15 is 0 Å². The molecule has 0 saturated heterocycles. The number of methoxy groups -OCH3 is 2. The first-order valence-corrected chi connectivity index (χ1v) is 11.1. The van der Waals surface area contributed by atoms with Gasteiger partial charge in [0.1, 0.15) is 0 Å². The fraction of sp³-hybridized carbons (Fsp3) is 0.174. The van der Waals surface area contributed by atoms with Crippen molar-refractivity contribution >= 4 is 21.5 Å². The van der Waals surface area contributed by atoms with Gasteiger partial charge >= 0.3 is 5.97 Å². The van der Waals surface area contributed by atoms with Gasteiger partial charge in [-0.05, 0) is 59.2 Å². The van der Waals surface area contributed by atoms with Gasteiger partial charge < -0.3 is 19.9 Å². The van der Waals surface area contributed by atoms with Gasteiger partial charge in [-0.2, -0.15) is 0 Å². The second-order valence-electron chi connectivity index (χ2n) is 6.80. The first-order valence-electron chi connectivity index (χ1n) is 9.42. The molecule has 8 heteroatoms. The minimum atomic E-state index is -3.84. The average molecular weight is 442 g/mol. The summed E-state index contributed by atoms with van der Waals surface area (Å²) in [7, 11) is -0.644. The van der Waals surface area contributed by atoms with E-state index in [1.807, 2.05) is 36.4 Å². The van der Waals surface area contributed by atoms with E-state index in [2.05, 4.69) is 11.4 Å². The van der Waals surface area contributed by atoms with Crippen molar-refractivity contribution in [3.05, 3.63) is 72.3 Å². The van der Waals surface area contributed by atoms with Crippen molar-refractivity contribution in [2.45, 2.75) is 11.4 Å². The minimum absolute atomic E-state index is 0.0177. The molecule has 162 valence electrons. The number of nitrogens with one attached hydrogen (secondary N) is 1. The molecule has 3 aromatic carbocycles. The Kier molecular flexibility index (Phi) is 6.81. The standard InChI is InChI=1S/C23H23NO6S/c1-29-21-11-6-18(13-22(21)30-2)17-5-3-4-16(12-17)14-24-19-7-9-20(10-8-19)31(27,28)15-23(25)26/h3-13,24H,14-15H2,1-2H3,(H,25,26). The van der Waals surface area contributed by atoms with Gasteiger partial charge in [-0.15, -0.1) is 0 Å². The van der Waals surface area contributed by atoms with Crippen molar-refractivity contribution in [2.24, 2.45) is 0 Å².